The Kier molecular flexibility index (Phi) is 5.42. The van der Waals surface area contributed by atoms with Gasteiger partial charge < -0.3 is 14.9 Å². The zero-order valence-electron chi connectivity index (χ0n) is 13.0. The van der Waals surface area contributed by atoms with Crippen LogP contribution in [0, 0.1) is 0 Å². The SMILES string of the molecule is CC(C)Oc1cccc(C(CN)N(C)Cc2ccoc2)c1. The first-order valence-electron chi connectivity index (χ1n) is 7.28. The van der Waals surface area contributed by atoms with Gasteiger partial charge in [0.25, 0.3) is 0 Å². The first kappa shape index (κ1) is 15.6. The second kappa shape index (κ2) is 7.29. The summed E-state index contributed by atoms with van der Waals surface area (Å²) in [6, 6.07) is 10.3. The summed E-state index contributed by atoms with van der Waals surface area (Å²) in [4.78, 5) is 2.22. The van der Waals surface area contributed by atoms with Crippen LogP contribution in [0.25, 0.3) is 0 Å². The number of ether oxygens (including phenoxy) is 1. The summed E-state index contributed by atoms with van der Waals surface area (Å²) in [7, 11) is 2.07. The highest BCUT2D eigenvalue weighted by atomic mass is 16.5. The van der Waals surface area contributed by atoms with E-state index < -0.39 is 0 Å². The van der Waals surface area contributed by atoms with Crippen LogP contribution in [0.15, 0.2) is 47.3 Å². The molecule has 1 aromatic heterocycles. The number of benzene rings is 1. The van der Waals surface area contributed by atoms with Crippen LogP contribution in [0.3, 0.4) is 0 Å². The Balaban J connectivity index is 2.12. The maximum absolute atomic E-state index is 5.98. The Labute approximate surface area is 126 Å². The molecule has 2 rings (SSSR count). The third-order valence-corrected chi connectivity index (χ3v) is 3.38. The highest BCUT2D eigenvalue weighted by Gasteiger charge is 2.17. The molecule has 114 valence electrons. The summed E-state index contributed by atoms with van der Waals surface area (Å²) < 4.78 is 10.9. The second-order valence-electron chi connectivity index (χ2n) is 5.54. The summed E-state index contributed by atoms with van der Waals surface area (Å²) >= 11 is 0. The van der Waals surface area contributed by atoms with Crippen molar-refractivity contribution in [3.63, 3.8) is 0 Å². The van der Waals surface area contributed by atoms with E-state index >= 15 is 0 Å². The fraction of sp³-hybridized carbons (Fsp3) is 0.412. The zero-order valence-corrected chi connectivity index (χ0v) is 13.0. The summed E-state index contributed by atoms with van der Waals surface area (Å²) in [5, 5.41) is 0. The normalized spacial score (nSPS) is 12.9. The maximum atomic E-state index is 5.98. The molecule has 1 aromatic carbocycles. The van der Waals surface area contributed by atoms with Gasteiger partial charge in [0.05, 0.1) is 18.6 Å². The molecule has 0 fully saturated rings. The Morgan fingerprint density at radius 2 is 2.10 bits per heavy atom. The molecule has 1 unspecified atom stereocenters. The van der Waals surface area contributed by atoms with Gasteiger partial charge in [0.2, 0.25) is 0 Å². The molecule has 0 saturated heterocycles. The molecule has 21 heavy (non-hydrogen) atoms. The van der Waals surface area contributed by atoms with E-state index in [4.69, 9.17) is 14.9 Å². The zero-order chi connectivity index (χ0) is 15.2. The summed E-state index contributed by atoms with van der Waals surface area (Å²) in [6.45, 7) is 5.41. The number of nitrogens with zero attached hydrogens (tertiary/aromatic N) is 1. The summed E-state index contributed by atoms with van der Waals surface area (Å²) in [6.07, 6.45) is 3.63. The van der Waals surface area contributed by atoms with Gasteiger partial charge in [-0.15, -0.1) is 0 Å². The van der Waals surface area contributed by atoms with Crippen molar-refractivity contribution in [2.45, 2.75) is 32.5 Å². The Morgan fingerprint density at radius 3 is 2.71 bits per heavy atom. The van der Waals surface area contributed by atoms with Crippen molar-refractivity contribution in [3.05, 3.63) is 54.0 Å². The molecule has 2 aromatic rings. The van der Waals surface area contributed by atoms with E-state index in [0.29, 0.717) is 6.54 Å². The highest BCUT2D eigenvalue weighted by Crippen LogP contribution is 2.24. The molecule has 1 heterocycles. The van der Waals surface area contributed by atoms with Crippen molar-refractivity contribution in [1.29, 1.82) is 0 Å². The van der Waals surface area contributed by atoms with Crippen molar-refractivity contribution in [1.82, 2.24) is 4.90 Å². The monoisotopic (exact) mass is 288 g/mol. The van der Waals surface area contributed by atoms with E-state index in [1.807, 2.05) is 32.0 Å². The number of hydrogen-bond donors (Lipinski definition) is 1. The van der Waals surface area contributed by atoms with E-state index in [2.05, 4.69) is 24.1 Å². The number of furan rings is 1. The molecular formula is C17H24N2O2. The lowest BCUT2D eigenvalue weighted by Gasteiger charge is -2.27. The fourth-order valence-corrected chi connectivity index (χ4v) is 2.42. The van der Waals surface area contributed by atoms with Gasteiger partial charge >= 0.3 is 0 Å². The molecule has 2 N–H and O–H groups in total. The van der Waals surface area contributed by atoms with E-state index in [1.54, 1.807) is 12.5 Å². The molecule has 0 aliphatic rings. The minimum Gasteiger partial charge on any atom is -0.491 e. The van der Waals surface area contributed by atoms with E-state index in [-0.39, 0.29) is 12.1 Å². The van der Waals surface area contributed by atoms with Gasteiger partial charge in [-0.25, -0.2) is 0 Å². The lowest BCUT2D eigenvalue weighted by atomic mass is 10.0. The first-order valence-corrected chi connectivity index (χ1v) is 7.28. The van der Waals surface area contributed by atoms with E-state index in [9.17, 15) is 0 Å². The van der Waals surface area contributed by atoms with Gasteiger partial charge in [-0.3, -0.25) is 4.90 Å². The fourth-order valence-electron chi connectivity index (χ4n) is 2.42. The van der Waals surface area contributed by atoms with Crippen molar-refractivity contribution >= 4 is 0 Å². The van der Waals surface area contributed by atoms with E-state index in [1.165, 1.54) is 5.56 Å². The molecule has 0 bridgehead atoms. The molecule has 1 atom stereocenters. The average Bonchev–Trinajstić information content (AvgIpc) is 2.92. The molecule has 0 aliphatic heterocycles. The van der Waals surface area contributed by atoms with Gasteiger partial charge in [0.1, 0.15) is 5.75 Å². The Hall–Kier alpha value is -1.78. The van der Waals surface area contributed by atoms with Crippen LogP contribution in [0.5, 0.6) is 5.75 Å². The average molecular weight is 288 g/mol. The number of likely N-dealkylation sites (N-methyl/N-ethyl adjacent to an activating group) is 1. The van der Waals surface area contributed by atoms with Gasteiger partial charge in [-0.05, 0) is 44.7 Å². The van der Waals surface area contributed by atoms with E-state index in [0.717, 1.165) is 17.9 Å². The van der Waals surface area contributed by atoms with Gasteiger partial charge in [0.15, 0.2) is 0 Å². The molecular weight excluding hydrogens is 264 g/mol. The van der Waals surface area contributed by atoms with Crippen LogP contribution in [0.4, 0.5) is 0 Å². The van der Waals surface area contributed by atoms with Crippen LogP contribution in [0.2, 0.25) is 0 Å². The lowest BCUT2D eigenvalue weighted by molar-refractivity contribution is 0.232. The van der Waals surface area contributed by atoms with Crippen LogP contribution < -0.4 is 10.5 Å². The number of rotatable bonds is 7. The molecule has 0 spiro atoms. The third kappa shape index (κ3) is 4.34. The van der Waals surface area contributed by atoms with Crippen molar-refractivity contribution in [2.24, 2.45) is 5.73 Å². The standard InChI is InChI=1S/C17H24N2O2/c1-13(2)21-16-6-4-5-15(9-16)17(10-18)19(3)11-14-7-8-20-12-14/h4-9,12-13,17H,10-11,18H2,1-3H3. The van der Waals surface area contributed by atoms with Gasteiger partial charge in [0, 0.05) is 24.7 Å². The predicted molar refractivity (Wildman–Crippen MR) is 84.2 cm³/mol. The first-order chi connectivity index (χ1) is 10.1. The van der Waals surface area contributed by atoms with Gasteiger partial charge in [-0.2, -0.15) is 0 Å². The van der Waals surface area contributed by atoms with Crippen LogP contribution in [0.1, 0.15) is 31.0 Å². The molecule has 0 radical (unpaired) electrons. The number of hydrogen-bond acceptors (Lipinski definition) is 4. The summed E-state index contributed by atoms with van der Waals surface area (Å²) in [5.74, 6) is 0.887. The van der Waals surface area contributed by atoms with Gasteiger partial charge in [-0.1, -0.05) is 12.1 Å². The lowest BCUT2D eigenvalue weighted by Crippen LogP contribution is -2.30. The van der Waals surface area contributed by atoms with Crippen molar-refractivity contribution in [3.8, 4) is 5.75 Å². The van der Waals surface area contributed by atoms with Crippen molar-refractivity contribution in [2.75, 3.05) is 13.6 Å². The second-order valence-corrected chi connectivity index (χ2v) is 5.54. The largest absolute Gasteiger partial charge is 0.491 e. The molecule has 4 heteroatoms. The molecule has 0 amide bonds. The van der Waals surface area contributed by atoms with Crippen LogP contribution in [-0.4, -0.2) is 24.6 Å². The van der Waals surface area contributed by atoms with Crippen LogP contribution in [-0.2, 0) is 6.54 Å². The van der Waals surface area contributed by atoms with Crippen LogP contribution >= 0.6 is 0 Å². The Morgan fingerprint density at radius 1 is 1.29 bits per heavy atom. The maximum Gasteiger partial charge on any atom is 0.120 e. The smallest absolute Gasteiger partial charge is 0.120 e. The highest BCUT2D eigenvalue weighted by molar-refractivity contribution is 5.31. The minimum absolute atomic E-state index is 0.149. The Bertz CT molecular complexity index is 537. The quantitative estimate of drug-likeness (QED) is 0.850. The minimum atomic E-state index is 0.149. The third-order valence-electron chi connectivity index (χ3n) is 3.38. The summed E-state index contributed by atoms with van der Waals surface area (Å²) in [5.41, 5.74) is 8.29. The molecule has 4 nitrogen and oxygen atoms in total. The topological polar surface area (TPSA) is 51.6 Å². The molecule has 0 saturated carbocycles. The van der Waals surface area contributed by atoms with Crippen molar-refractivity contribution < 1.29 is 9.15 Å². The number of nitrogens with two attached hydrogens (primary N) is 1. The predicted octanol–water partition coefficient (Wildman–Crippen LogP) is 3.20. The molecule has 0 aliphatic carbocycles.